The molecule has 9 nitrogen and oxygen atoms in total. The standard InChI is InChI=1S/C14H14FN3O6S/c1-17-9-5-10(24-7-23-2)14(13(15)8(9)3-4-12(17)20)18-6-11(19)16-25(18,21)22/h3-5H,6-7H2,1-2H3,(H,16,19). The number of hydrogen-bond acceptors (Lipinski definition) is 6. The zero-order chi connectivity index (χ0) is 18.4. The van der Waals surface area contributed by atoms with E-state index in [9.17, 15) is 18.0 Å². The van der Waals surface area contributed by atoms with E-state index < -0.39 is 34.2 Å². The summed E-state index contributed by atoms with van der Waals surface area (Å²) in [6.07, 6.45) is 0. The smallest absolute Gasteiger partial charge is 0.326 e. The second-order valence-electron chi connectivity index (χ2n) is 5.29. The zero-order valence-electron chi connectivity index (χ0n) is 13.3. The molecule has 1 N–H and O–H groups in total. The van der Waals surface area contributed by atoms with Crippen molar-refractivity contribution in [1.29, 1.82) is 0 Å². The fourth-order valence-electron chi connectivity index (χ4n) is 2.55. The average molecular weight is 371 g/mol. The molecule has 1 aliphatic heterocycles. The number of carbonyl (C=O) groups excluding carboxylic acids is 1. The van der Waals surface area contributed by atoms with E-state index in [1.165, 1.54) is 30.9 Å². The molecule has 25 heavy (non-hydrogen) atoms. The van der Waals surface area contributed by atoms with Crippen LogP contribution in [0.2, 0.25) is 0 Å². The molecule has 1 saturated heterocycles. The number of fused-ring (bicyclic) bond motifs is 1. The van der Waals surface area contributed by atoms with Gasteiger partial charge in [-0.05, 0) is 6.07 Å². The molecule has 1 aliphatic rings. The first kappa shape index (κ1) is 17.2. The summed E-state index contributed by atoms with van der Waals surface area (Å²) >= 11 is 0. The first-order chi connectivity index (χ1) is 11.8. The number of carbonyl (C=O) groups is 1. The van der Waals surface area contributed by atoms with Gasteiger partial charge in [-0.25, -0.2) is 13.4 Å². The van der Waals surface area contributed by atoms with Crippen LogP contribution in [0.3, 0.4) is 0 Å². The Balaban J connectivity index is 2.33. The van der Waals surface area contributed by atoms with Crippen molar-refractivity contribution in [2.75, 3.05) is 24.8 Å². The summed E-state index contributed by atoms with van der Waals surface area (Å²) in [4.78, 5) is 23.2. The number of ether oxygens (including phenoxy) is 2. The topological polar surface area (TPSA) is 107 Å². The molecule has 1 aromatic carbocycles. The summed E-state index contributed by atoms with van der Waals surface area (Å²) in [6, 6.07) is 3.73. The third-order valence-corrected chi connectivity index (χ3v) is 5.09. The summed E-state index contributed by atoms with van der Waals surface area (Å²) in [6.45, 7) is -0.867. The minimum absolute atomic E-state index is 0.0106. The van der Waals surface area contributed by atoms with Crippen LogP contribution in [0.25, 0.3) is 10.9 Å². The Bertz CT molecular complexity index is 1030. The van der Waals surface area contributed by atoms with Gasteiger partial charge < -0.3 is 14.0 Å². The van der Waals surface area contributed by atoms with Crippen molar-refractivity contribution in [1.82, 2.24) is 9.29 Å². The quantitative estimate of drug-likeness (QED) is 0.749. The van der Waals surface area contributed by atoms with Crippen LogP contribution in [0.4, 0.5) is 10.1 Å². The Morgan fingerprint density at radius 3 is 2.64 bits per heavy atom. The van der Waals surface area contributed by atoms with Crippen molar-refractivity contribution in [3.63, 3.8) is 0 Å². The van der Waals surface area contributed by atoms with Gasteiger partial charge in [-0.15, -0.1) is 0 Å². The molecule has 3 rings (SSSR count). The fourth-order valence-corrected chi connectivity index (χ4v) is 3.71. The van der Waals surface area contributed by atoms with Gasteiger partial charge in [0, 0.05) is 31.7 Å². The molecule has 1 fully saturated rings. The van der Waals surface area contributed by atoms with Crippen molar-refractivity contribution in [3.8, 4) is 5.75 Å². The number of pyridine rings is 1. The Morgan fingerprint density at radius 1 is 1.32 bits per heavy atom. The number of halogens is 1. The summed E-state index contributed by atoms with van der Waals surface area (Å²) < 4.78 is 52.9. The first-order valence-electron chi connectivity index (χ1n) is 7.03. The Hall–Kier alpha value is -2.66. The predicted octanol–water partition coefficient (Wildman–Crippen LogP) is -0.159. The lowest BCUT2D eigenvalue weighted by molar-refractivity contribution is -0.117. The number of aromatic nitrogens is 1. The molecule has 2 heterocycles. The number of nitrogens with one attached hydrogen (secondary N) is 1. The van der Waals surface area contributed by atoms with Crippen LogP contribution in [0.15, 0.2) is 23.0 Å². The third kappa shape index (κ3) is 2.81. The van der Waals surface area contributed by atoms with Gasteiger partial charge in [-0.3, -0.25) is 9.59 Å². The average Bonchev–Trinajstić information content (AvgIpc) is 2.81. The van der Waals surface area contributed by atoms with E-state index in [0.29, 0.717) is 4.31 Å². The van der Waals surface area contributed by atoms with Crippen LogP contribution in [0.1, 0.15) is 0 Å². The van der Waals surface area contributed by atoms with Crippen LogP contribution < -0.4 is 19.3 Å². The van der Waals surface area contributed by atoms with Crippen LogP contribution in [-0.4, -0.2) is 39.3 Å². The first-order valence-corrected chi connectivity index (χ1v) is 8.47. The predicted molar refractivity (Wildman–Crippen MR) is 86.1 cm³/mol. The minimum Gasteiger partial charge on any atom is -0.465 e. The van der Waals surface area contributed by atoms with Gasteiger partial charge in [-0.2, -0.15) is 8.42 Å². The van der Waals surface area contributed by atoms with Crippen molar-refractivity contribution >= 4 is 32.7 Å². The largest absolute Gasteiger partial charge is 0.465 e. The molecule has 0 bridgehead atoms. The van der Waals surface area contributed by atoms with Crippen LogP contribution in [-0.2, 0) is 26.8 Å². The molecule has 0 saturated carbocycles. The maximum atomic E-state index is 15.1. The second-order valence-corrected chi connectivity index (χ2v) is 6.88. The molecule has 134 valence electrons. The molecule has 2 aromatic rings. The molecule has 0 atom stereocenters. The Kier molecular flexibility index (Phi) is 4.13. The number of amides is 1. The Morgan fingerprint density at radius 2 is 2.04 bits per heavy atom. The number of benzene rings is 1. The van der Waals surface area contributed by atoms with Crippen molar-refractivity contribution in [3.05, 3.63) is 34.4 Å². The highest BCUT2D eigenvalue weighted by Crippen LogP contribution is 2.38. The number of hydrogen-bond donors (Lipinski definition) is 1. The van der Waals surface area contributed by atoms with Gasteiger partial charge >= 0.3 is 10.2 Å². The second kappa shape index (κ2) is 6.01. The van der Waals surface area contributed by atoms with Crippen molar-refractivity contribution in [2.45, 2.75) is 0 Å². The monoisotopic (exact) mass is 371 g/mol. The van der Waals surface area contributed by atoms with Crippen molar-refractivity contribution in [2.24, 2.45) is 7.05 Å². The van der Waals surface area contributed by atoms with Gasteiger partial charge in [0.25, 0.3) is 11.5 Å². The summed E-state index contributed by atoms with van der Waals surface area (Å²) in [5.41, 5.74) is -0.597. The highest BCUT2D eigenvalue weighted by molar-refractivity contribution is 7.92. The molecule has 0 radical (unpaired) electrons. The van der Waals surface area contributed by atoms with Gasteiger partial charge in [0.2, 0.25) is 0 Å². The number of aryl methyl sites for hydroxylation is 1. The molecule has 1 aromatic heterocycles. The SMILES string of the molecule is COCOc1cc2c(ccc(=O)n2C)c(F)c1N1CC(=O)NS1(=O)=O. The lowest BCUT2D eigenvalue weighted by atomic mass is 10.1. The van der Waals surface area contributed by atoms with E-state index in [-0.39, 0.29) is 29.0 Å². The van der Waals surface area contributed by atoms with Crippen molar-refractivity contribution < 1.29 is 27.1 Å². The number of nitrogens with zero attached hydrogens (tertiary/aromatic N) is 2. The lowest BCUT2D eigenvalue weighted by Crippen LogP contribution is -2.31. The zero-order valence-corrected chi connectivity index (χ0v) is 14.1. The van der Waals surface area contributed by atoms with Gasteiger partial charge in [0.1, 0.15) is 12.2 Å². The molecule has 0 unspecified atom stereocenters. The van der Waals surface area contributed by atoms with E-state index in [4.69, 9.17) is 9.47 Å². The normalized spacial score (nSPS) is 16.3. The lowest BCUT2D eigenvalue weighted by Gasteiger charge is -2.21. The molecule has 11 heteroatoms. The highest BCUT2D eigenvalue weighted by atomic mass is 32.2. The van der Waals surface area contributed by atoms with E-state index in [2.05, 4.69) is 0 Å². The summed E-state index contributed by atoms with van der Waals surface area (Å²) in [5, 5.41) is 0.0106. The molecular weight excluding hydrogens is 357 g/mol. The van der Waals surface area contributed by atoms with E-state index in [1.54, 1.807) is 4.72 Å². The van der Waals surface area contributed by atoms with Gasteiger partial charge in [0.05, 0.1) is 5.52 Å². The van der Waals surface area contributed by atoms with Crippen LogP contribution in [0, 0.1) is 5.82 Å². The molecular formula is C14H14FN3O6S. The molecule has 1 amide bonds. The minimum atomic E-state index is -4.24. The molecule has 0 spiro atoms. The van der Waals surface area contributed by atoms with Gasteiger partial charge in [-0.1, -0.05) is 0 Å². The number of anilines is 1. The van der Waals surface area contributed by atoms with Crippen LogP contribution >= 0.6 is 0 Å². The third-order valence-electron chi connectivity index (χ3n) is 3.71. The van der Waals surface area contributed by atoms with Gasteiger partial charge in [0.15, 0.2) is 18.4 Å². The number of methoxy groups -OCH3 is 1. The summed E-state index contributed by atoms with van der Waals surface area (Å²) in [5.74, 6) is -1.90. The maximum Gasteiger partial charge on any atom is 0.326 e. The van der Waals surface area contributed by atoms with Crippen LogP contribution in [0.5, 0.6) is 5.75 Å². The molecule has 0 aliphatic carbocycles. The number of rotatable bonds is 4. The fraction of sp³-hybridized carbons (Fsp3) is 0.286. The van der Waals surface area contributed by atoms with E-state index in [1.807, 2.05) is 0 Å². The maximum absolute atomic E-state index is 15.1. The highest BCUT2D eigenvalue weighted by Gasteiger charge is 2.38. The summed E-state index contributed by atoms with van der Waals surface area (Å²) in [7, 11) is -1.46. The van der Waals surface area contributed by atoms with E-state index >= 15 is 4.39 Å². The Labute approximate surface area is 141 Å². The van der Waals surface area contributed by atoms with E-state index in [0.717, 1.165) is 6.07 Å².